The monoisotopic (exact) mass is 184 g/mol. The van der Waals surface area contributed by atoms with E-state index in [9.17, 15) is 9.18 Å². The highest BCUT2D eigenvalue weighted by Gasteiger charge is 2.27. The lowest BCUT2D eigenvalue weighted by Gasteiger charge is -2.01. The Labute approximate surface area is 74.0 Å². The zero-order valence-electron chi connectivity index (χ0n) is 6.85. The van der Waals surface area contributed by atoms with Gasteiger partial charge in [-0.1, -0.05) is 0 Å². The molecule has 1 N–H and O–H groups in total. The maximum Gasteiger partial charge on any atom is 0.361 e. The number of halogens is 1. The van der Waals surface area contributed by atoms with Crippen LogP contribution in [0.15, 0.2) is 12.3 Å². The molecule has 1 saturated carbocycles. The first-order chi connectivity index (χ1) is 6.18. The summed E-state index contributed by atoms with van der Waals surface area (Å²) in [5.41, 5.74) is 0.795. The molecule has 0 bridgehead atoms. The van der Waals surface area contributed by atoms with Gasteiger partial charge in [0.15, 0.2) is 0 Å². The molecule has 0 aromatic carbocycles. The predicted molar refractivity (Wildman–Crippen MR) is 42.0 cm³/mol. The Bertz CT molecular complexity index is 333. The summed E-state index contributed by atoms with van der Waals surface area (Å²) in [5, 5.41) is 12.2. The molecule has 1 heterocycles. The van der Waals surface area contributed by atoms with Gasteiger partial charge in [-0.2, -0.15) is 5.10 Å². The van der Waals surface area contributed by atoms with E-state index in [1.54, 1.807) is 6.07 Å². The lowest BCUT2D eigenvalue weighted by molar-refractivity contribution is -0.146. The molecule has 1 fully saturated rings. The van der Waals surface area contributed by atoms with E-state index in [0.29, 0.717) is 5.92 Å². The van der Waals surface area contributed by atoms with E-state index in [-0.39, 0.29) is 0 Å². The maximum atomic E-state index is 12.9. The van der Waals surface area contributed by atoms with Crippen LogP contribution in [0.25, 0.3) is 0 Å². The van der Waals surface area contributed by atoms with Gasteiger partial charge in [0.2, 0.25) is 0 Å². The minimum Gasteiger partial charge on any atom is -0.478 e. The Morgan fingerprint density at radius 3 is 3.00 bits per heavy atom. The molecule has 1 aliphatic carbocycles. The Morgan fingerprint density at radius 2 is 2.46 bits per heavy atom. The van der Waals surface area contributed by atoms with Crippen LogP contribution in [0.4, 0.5) is 4.39 Å². The van der Waals surface area contributed by atoms with E-state index in [0.717, 1.165) is 23.2 Å². The summed E-state index contributed by atoms with van der Waals surface area (Å²) in [5.74, 6) is -1.09. The average molecular weight is 184 g/mol. The molecule has 1 aromatic rings. The van der Waals surface area contributed by atoms with E-state index in [1.165, 1.54) is 6.20 Å². The molecule has 2 rings (SSSR count). The third-order valence-corrected chi connectivity index (χ3v) is 2.06. The standard InChI is InChI=1S/C8H9FN2O2/c9-7(8(12)13)11-4-3-6(10-11)5-1-2-5/h3-5,7H,1-2H2,(H,12,13). The molecule has 1 aliphatic rings. The summed E-state index contributed by atoms with van der Waals surface area (Å²) in [6.45, 7) is 0. The van der Waals surface area contributed by atoms with Crippen molar-refractivity contribution in [1.82, 2.24) is 9.78 Å². The van der Waals surface area contributed by atoms with Crippen LogP contribution in [0, 0.1) is 0 Å². The third-order valence-electron chi connectivity index (χ3n) is 2.06. The second-order valence-corrected chi connectivity index (χ2v) is 3.17. The second-order valence-electron chi connectivity index (χ2n) is 3.17. The molecule has 0 radical (unpaired) electrons. The van der Waals surface area contributed by atoms with Crippen LogP contribution in [0.1, 0.15) is 30.7 Å². The average Bonchev–Trinajstić information content (AvgIpc) is 2.83. The number of carbonyl (C=O) groups is 1. The minimum atomic E-state index is -2.06. The van der Waals surface area contributed by atoms with E-state index < -0.39 is 12.3 Å². The summed E-state index contributed by atoms with van der Waals surface area (Å²) in [4.78, 5) is 10.3. The quantitative estimate of drug-likeness (QED) is 0.770. The highest BCUT2D eigenvalue weighted by atomic mass is 19.1. The zero-order valence-corrected chi connectivity index (χ0v) is 6.85. The Morgan fingerprint density at radius 1 is 1.77 bits per heavy atom. The molecule has 5 heteroatoms. The fraction of sp³-hybridized carbons (Fsp3) is 0.500. The highest BCUT2D eigenvalue weighted by Crippen LogP contribution is 2.39. The molecule has 70 valence electrons. The number of hydrogen-bond donors (Lipinski definition) is 1. The molecule has 0 saturated heterocycles. The van der Waals surface area contributed by atoms with Gasteiger partial charge in [0.05, 0.1) is 5.69 Å². The van der Waals surface area contributed by atoms with Crippen molar-refractivity contribution in [3.8, 4) is 0 Å². The number of carboxylic acid groups (broad SMARTS) is 1. The van der Waals surface area contributed by atoms with Crippen LogP contribution in [-0.2, 0) is 4.79 Å². The van der Waals surface area contributed by atoms with E-state index in [2.05, 4.69) is 5.10 Å². The number of nitrogens with zero attached hydrogens (tertiary/aromatic N) is 2. The largest absolute Gasteiger partial charge is 0.478 e. The molecule has 13 heavy (non-hydrogen) atoms. The van der Waals surface area contributed by atoms with Crippen LogP contribution < -0.4 is 0 Å². The molecule has 0 spiro atoms. The van der Waals surface area contributed by atoms with Crippen molar-refractivity contribution in [3.63, 3.8) is 0 Å². The van der Waals surface area contributed by atoms with Gasteiger partial charge >= 0.3 is 5.97 Å². The van der Waals surface area contributed by atoms with Gasteiger partial charge in [-0.05, 0) is 18.9 Å². The second kappa shape index (κ2) is 2.83. The van der Waals surface area contributed by atoms with E-state index in [1.807, 2.05) is 0 Å². The fourth-order valence-electron chi connectivity index (χ4n) is 1.19. The van der Waals surface area contributed by atoms with Gasteiger partial charge in [-0.3, -0.25) is 0 Å². The van der Waals surface area contributed by atoms with Crippen molar-refractivity contribution >= 4 is 5.97 Å². The molecule has 0 amide bonds. The Balaban J connectivity index is 2.16. The Kier molecular flexibility index (Phi) is 1.79. The van der Waals surface area contributed by atoms with Crippen molar-refractivity contribution in [1.29, 1.82) is 0 Å². The highest BCUT2D eigenvalue weighted by molar-refractivity contribution is 5.69. The molecule has 1 aromatic heterocycles. The first-order valence-corrected chi connectivity index (χ1v) is 4.10. The van der Waals surface area contributed by atoms with Crippen LogP contribution in [0.5, 0.6) is 0 Å². The van der Waals surface area contributed by atoms with Gasteiger partial charge in [0, 0.05) is 12.1 Å². The first-order valence-electron chi connectivity index (χ1n) is 4.10. The number of aromatic nitrogens is 2. The SMILES string of the molecule is O=C(O)C(F)n1ccc(C2CC2)n1. The number of carboxylic acids is 1. The summed E-state index contributed by atoms with van der Waals surface area (Å²) in [6.07, 6.45) is 1.45. The summed E-state index contributed by atoms with van der Waals surface area (Å²) < 4.78 is 13.7. The number of rotatable bonds is 3. The summed E-state index contributed by atoms with van der Waals surface area (Å²) in [7, 11) is 0. The normalized spacial score (nSPS) is 18.5. The number of aliphatic carboxylic acids is 1. The predicted octanol–water partition coefficient (Wildman–Crippen LogP) is 1.31. The molecule has 1 atom stereocenters. The van der Waals surface area contributed by atoms with Crippen molar-refractivity contribution < 1.29 is 14.3 Å². The van der Waals surface area contributed by atoms with E-state index >= 15 is 0 Å². The van der Waals surface area contributed by atoms with Gasteiger partial charge in [0.25, 0.3) is 6.30 Å². The Hall–Kier alpha value is -1.39. The summed E-state index contributed by atoms with van der Waals surface area (Å²) >= 11 is 0. The van der Waals surface area contributed by atoms with Gasteiger partial charge in [-0.25, -0.2) is 13.9 Å². The zero-order chi connectivity index (χ0) is 9.42. The fourth-order valence-corrected chi connectivity index (χ4v) is 1.19. The topological polar surface area (TPSA) is 55.1 Å². The van der Waals surface area contributed by atoms with Crippen LogP contribution in [0.2, 0.25) is 0 Å². The van der Waals surface area contributed by atoms with E-state index in [4.69, 9.17) is 5.11 Å². The molecule has 4 nitrogen and oxygen atoms in total. The maximum absolute atomic E-state index is 12.9. The smallest absolute Gasteiger partial charge is 0.361 e. The molecular weight excluding hydrogens is 175 g/mol. The van der Waals surface area contributed by atoms with Crippen LogP contribution >= 0.6 is 0 Å². The van der Waals surface area contributed by atoms with Crippen LogP contribution in [-0.4, -0.2) is 20.9 Å². The molecular formula is C8H9FN2O2. The van der Waals surface area contributed by atoms with Crippen molar-refractivity contribution in [3.05, 3.63) is 18.0 Å². The first kappa shape index (κ1) is 8.22. The third kappa shape index (κ3) is 1.54. The summed E-state index contributed by atoms with van der Waals surface area (Å²) in [6, 6.07) is 1.67. The van der Waals surface area contributed by atoms with Crippen molar-refractivity contribution in [2.24, 2.45) is 0 Å². The van der Waals surface area contributed by atoms with Crippen molar-refractivity contribution in [2.75, 3.05) is 0 Å². The minimum absolute atomic E-state index is 0.419. The van der Waals surface area contributed by atoms with Crippen LogP contribution in [0.3, 0.4) is 0 Å². The molecule has 1 unspecified atom stereocenters. The lowest BCUT2D eigenvalue weighted by atomic mass is 10.3. The number of hydrogen-bond acceptors (Lipinski definition) is 2. The number of alkyl halides is 1. The van der Waals surface area contributed by atoms with Gasteiger partial charge < -0.3 is 5.11 Å². The lowest BCUT2D eigenvalue weighted by Crippen LogP contribution is -2.14. The molecule has 0 aliphatic heterocycles. The van der Waals surface area contributed by atoms with Crippen molar-refractivity contribution in [2.45, 2.75) is 25.1 Å². The van der Waals surface area contributed by atoms with Gasteiger partial charge in [0.1, 0.15) is 0 Å². The van der Waals surface area contributed by atoms with Gasteiger partial charge in [-0.15, -0.1) is 0 Å².